The molecule has 1 N–H and O–H groups in total. The van der Waals surface area contributed by atoms with Gasteiger partial charge in [-0.3, -0.25) is 9.59 Å². The summed E-state index contributed by atoms with van der Waals surface area (Å²) < 4.78 is 16.9. The van der Waals surface area contributed by atoms with Crippen LogP contribution in [0.4, 0.5) is 0 Å². The van der Waals surface area contributed by atoms with Gasteiger partial charge in [-0.05, 0) is 70.2 Å². The molecule has 0 spiro atoms. The molecule has 0 saturated carbocycles. The fourth-order valence-corrected chi connectivity index (χ4v) is 4.25. The predicted octanol–water partition coefficient (Wildman–Crippen LogP) is 4.26. The van der Waals surface area contributed by atoms with Gasteiger partial charge >= 0.3 is 0 Å². The number of nitrogens with zero attached hydrogens (tertiary/aromatic N) is 2. The number of aliphatic hydroxyl groups excluding tert-OH is 1. The number of amides is 1. The Bertz CT molecular complexity index is 1110. The Balaban J connectivity index is 2.12. The van der Waals surface area contributed by atoms with Crippen molar-refractivity contribution in [2.45, 2.75) is 32.7 Å². The lowest BCUT2D eigenvalue weighted by Crippen LogP contribution is -2.32. The van der Waals surface area contributed by atoms with Crippen molar-refractivity contribution < 1.29 is 28.9 Å². The quantitative estimate of drug-likeness (QED) is 0.267. The molecule has 0 bridgehead atoms. The summed E-state index contributed by atoms with van der Waals surface area (Å²) in [5, 5.41) is 11.3. The number of methoxy groups -OCH3 is 1. The van der Waals surface area contributed by atoms with Crippen LogP contribution in [0.3, 0.4) is 0 Å². The molecule has 1 heterocycles. The van der Waals surface area contributed by atoms with Crippen molar-refractivity contribution in [1.29, 1.82) is 0 Å². The van der Waals surface area contributed by atoms with Gasteiger partial charge in [0.05, 0.1) is 31.9 Å². The largest absolute Gasteiger partial charge is 0.507 e. The molecular formula is C28H36N2O6. The highest BCUT2D eigenvalue weighted by Gasteiger charge is 2.46. The first kappa shape index (κ1) is 27.1. The van der Waals surface area contributed by atoms with E-state index in [1.807, 2.05) is 32.8 Å². The Hall–Kier alpha value is -3.52. The Kier molecular flexibility index (Phi) is 9.36. The number of hydrogen-bond donors (Lipinski definition) is 1. The van der Waals surface area contributed by atoms with Gasteiger partial charge in [-0.2, -0.15) is 0 Å². The Labute approximate surface area is 213 Å². The van der Waals surface area contributed by atoms with Gasteiger partial charge in [-0.25, -0.2) is 0 Å². The molecule has 2 aromatic carbocycles. The zero-order valence-corrected chi connectivity index (χ0v) is 21.7. The third kappa shape index (κ3) is 5.99. The lowest BCUT2D eigenvalue weighted by atomic mass is 9.95. The zero-order chi connectivity index (χ0) is 26.2. The maximum atomic E-state index is 13.3. The molecule has 8 nitrogen and oxygen atoms in total. The van der Waals surface area contributed by atoms with Gasteiger partial charge in [0.2, 0.25) is 0 Å². The minimum Gasteiger partial charge on any atom is -0.507 e. The molecule has 1 aliphatic heterocycles. The molecule has 1 amide bonds. The summed E-state index contributed by atoms with van der Waals surface area (Å²) in [6.45, 7) is 6.00. The normalized spacial score (nSPS) is 17.1. The van der Waals surface area contributed by atoms with Crippen LogP contribution in [0.5, 0.6) is 17.2 Å². The summed E-state index contributed by atoms with van der Waals surface area (Å²) in [5.41, 5.74) is 1.11. The van der Waals surface area contributed by atoms with Crippen LogP contribution >= 0.6 is 0 Å². The molecule has 0 radical (unpaired) electrons. The summed E-state index contributed by atoms with van der Waals surface area (Å²) in [5.74, 6) is 0.0579. The van der Waals surface area contributed by atoms with E-state index in [1.54, 1.807) is 42.5 Å². The number of aliphatic hydroxyl groups is 1. The first-order valence-corrected chi connectivity index (χ1v) is 12.3. The van der Waals surface area contributed by atoms with Crippen LogP contribution in [0.15, 0.2) is 48.0 Å². The molecule has 2 aromatic rings. The Morgan fingerprint density at radius 2 is 1.83 bits per heavy atom. The van der Waals surface area contributed by atoms with Gasteiger partial charge in [0.1, 0.15) is 11.5 Å². The monoisotopic (exact) mass is 496 g/mol. The number of carbonyl (C=O) groups is 2. The van der Waals surface area contributed by atoms with Crippen molar-refractivity contribution in [2.24, 2.45) is 0 Å². The number of benzene rings is 2. The Morgan fingerprint density at radius 3 is 2.50 bits per heavy atom. The molecule has 3 rings (SSSR count). The minimum absolute atomic E-state index is 0.0451. The predicted molar refractivity (Wildman–Crippen MR) is 139 cm³/mol. The van der Waals surface area contributed by atoms with E-state index in [4.69, 9.17) is 14.2 Å². The summed E-state index contributed by atoms with van der Waals surface area (Å²) in [7, 11) is 5.45. The molecule has 0 aromatic heterocycles. The summed E-state index contributed by atoms with van der Waals surface area (Å²) in [6.07, 6.45) is 1.51. The number of likely N-dealkylation sites (tertiary alicyclic amines) is 1. The van der Waals surface area contributed by atoms with Gasteiger partial charge in [0.15, 0.2) is 11.5 Å². The van der Waals surface area contributed by atoms with Gasteiger partial charge in [0.25, 0.3) is 11.7 Å². The highest BCUT2D eigenvalue weighted by molar-refractivity contribution is 6.46. The van der Waals surface area contributed by atoms with Gasteiger partial charge in [-0.15, -0.1) is 0 Å². The first-order valence-electron chi connectivity index (χ1n) is 12.3. The lowest BCUT2D eigenvalue weighted by Gasteiger charge is -2.26. The molecule has 36 heavy (non-hydrogen) atoms. The highest BCUT2D eigenvalue weighted by Crippen LogP contribution is 2.42. The van der Waals surface area contributed by atoms with E-state index in [1.165, 1.54) is 12.0 Å². The number of carbonyl (C=O) groups excluding carboxylic acids is 2. The van der Waals surface area contributed by atoms with Crippen LogP contribution in [0, 0.1) is 0 Å². The maximum Gasteiger partial charge on any atom is 0.295 e. The molecule has 0 aliphatic carbocycles. The number of Topliss-reactive ketones (excluding diaryl/α,β-unsaturated/α-hetero) is 1. The van der Waals surface area contributed by atoms with E-state index in [-0.39, 0.29) is 11.3 Å². The number of ether oxygens (including phenoxy) is 3. The third-order valence-electron chi connectivity index (χ3n) is 5.93. The minimum atomic E-state index is -0.767. The van der Waals surface area contributed by atoms with Crippen LogP contribution < -0.4 is 14.2 Å². The third-order valence-corrected chi connectivity index (χ3v) is 5.93. The molecule has 8 heteroatoms. The number of ketones is 1. The summed E-state index contributed by atoms with van der Waals surface area (Å²) in [4.78, 5) is 30.0. The highest BCUT2D eigenvalue weighted by atomic mass is 16.5. The van der Waals surface area contributed by atoms with Gasteiger partial charge < -0.3 is 29.1 Å². The molecule has 1 aliphatic rings. The average Bonchev–Trinajstić information content (AvgIpc) is 3.12. The molecule has 1 atom stereocenters. The molecule has 194 valence electrons. The van der Waals surface area contributed by atoms with E-state index in [9.17, 15) is 14.7 Å². The van der Waals surface area contributed by atoms with Crippen molar-refractivity contribution >= 4 is 17.4 Å². The Morgan fingerprint density at radius 1 is 1.06 bits per heavy atom. The molecular weight excluding hydrogens is 460 g/mol. The van der Waals surface area contributed by atoms with Crippen LogP contribution in [-0.2, 0) is 9.59 Å². The van der Waals surface area contributed by atoms with Crippen molar-refractivity contribution in [3.63, 3.8) is 0 Å². The topological polar surface area (TPSA) is 88.5 Å². The molecule has 1 fully saturated rings. The smallest absolute Gasteiger partial charge is 0.295 e. The molecule has 1 saturated heterocycles. The summed E-state index contributed by atoms with van der Waals surface area (Å²) >= 11 is 0. The van der Waals surface area contributed by atoms with Crippen molar-refractivity contribution in [2.75, 3.05) is 47.5 Å². The SMILES string of the molecule is CCCOc1cccc(C(O)=C2C(=O)C(=O)N(CCCN(C)C)C2c2ccc(OCC)c(OC)c2)c1. The van der Waals surface area contributed by atoms with Gasteiger partial charge in [0, 0.05) is 12.1 Å². The van der Waals surface area contributed by atoms with Crippen LogP contribution in [0.25, 0.3) is 5.76 Å². The maximum absolute atomic E-state index is 13.3. The van der Waals surface area contributed by atoms with Gasteiger partial charge in [-0.1, -0.05) is 25.1 Å². The summed E-state index contributed by atoms with van der Waals surface area (Å²) in [6, 6.07) is 11.5. The van der Waals surface area contributed by atoms with E-state index >= 15 is 0 Å². The number of hydrogen-bond acceptors (Lipinski definition) is 7. The fraction of sp³-hybridized carbons (Fsp3) is 0.429. The fourth-order valence-electron chi connectivity index (χ4n) is 4.25. The second-order valence-electron chi connectivity index (χ2n) is 8.87. The standard InChI is InChI=1S/C28H36N2O6/c1-6-16-36-21-11-8-10-20(17-21)26(31)24-25(19-12-13-22(35-7-2)23(18-19)34-5)30(28(33)27(24)32)15-9-14-29(3)4/h8,10-13,17-18,25,31H,6-7,9,14-16H2,1-5H3. The lowest BCUT2D eigenvalue weighted by molar-refractivity contribution is -0.139. The van der Waals surface area contributed by atoms with E-state index in [2.05, 4.69) is 0 Å². The second kappa shape index (κ2) is 12.4. The van der Waals surface area contributed by atoms with Crippen molar-refractivity contribution in [3.05, 3.63) is 59.2 Å². The second-order valence-corrected chi connectivity index (χ2v) is 8.87. The van der Waals surface area contributed by atoms with E-state index in [0.717, 1.165) is 13.0 Å². The zero-order valence-electron chi connectivity index (χ0n) is 21.7. The first-order chi connectivity index (χ1) is 17.3. The average molecular weight is 497 g/mol. The van der Waals surface area contributed by atoms with E-state index in [0.29, 0.717) is 54.6 Å². The van der Waals surface area contributed by atoms with Crippen LogP contribution in [0.1, 0.15) is 43.9 Å². The number of rotatable bonds is 12. The van der Waals surface area contributed by atoms with Crippen molar-refractivity contribution in [3.8, 4) is 17.2 Å². The van der Waals surface area contributed by atoms with Crippen LogP contribution in [0.2, 0.25) is 0 Å². The van der Waals surface area contributed by atoms with Crippen LogP contribution in [-0.4, -0.2) is 74.1 Å². The molecule has 1 unspecified atom stereocenters. The van der Waals surface area contributed by atoms with E-state index < -0.39 is 17.7 Å². The van der Waals surface area contributed by atoms with Crippen molar-refractivity contribution in [1.82, 2.24) is 9.80 Å².